The topological polar surface area (TPSA) is 71.7 Å². The molecule has 2 aromatic carbocycles. The van der Waals surface area contributed by atoms with Crippen molar-refractivity contribution in [3.63, 3.8) is 0 Å². The highest BCUT2D eigenvalue weighted by molar-refractivity contribution is 9.10. The zero-order valence-corrected chi connectivity index (χ0v) is 21.2. The lowest BCUT2D eigenvalue weighted by atomic mass is 10.2. The number of nitrogens with zero attached hydrogens (tertiary/aromatic N) is 3. The molecular weight excluding hydrogens is 537 g/mol. The number of carbonyl (C=O) groups is 1. The first kappa shape index (κ1) is 23.6. The van der Waals surface area contributed by atoms with Crippen LogP contribution < -0.4 is 4.80 Å². The molecule has 1 aromatic heterocycles. The molecule has 1 aliphatic rings. The van der Waals surface area contributed by atoms with E-state index in [1.54, 1.807) is 11.8 Å². The number of benzene rings is 2. The first-order valence-electron chi connectivity index (χ1n) is 9.95. The van der Waals surface area contributed by atoms with E-state index >= 15 is 0 Å². The lowest BCUT2D eigenvalue weighted by Gasteiger charge is -2.21. The first-order chi connectivity index (χ1) is 15.3. The number of thioether (sulfide) groups is 1. The molecule has 3 aromatic rings. The van der Waals surface area contributed by atoms with Gasteiger partial charge in [0.2, 0.25) is 10.0 Å². The van der Waals surface area contributed by atoms with Gasteiger partial charge >= 0.3 is 0 Å². The predicted molar refractivity (Wildman–Crippen MR) is 130 cm³/mol. The van der Waals surface area contributed by atoms with Gasteiger partial charge in [-0.2, -0.15) is 21.1 Å². The smallest absolute Gasteiger partial charge is 0.266 e. The summed E-state index contributed by atoms with van der Waals surface area (Å²) in [6.45, 7) is 0.925. The molecule has 1 fully saturated rings. The van der Waals surface area contributed by atoms with Crippen LogP contribution in [0.25, 0.3) is 10.2 Å². The van der Waals surface area contributed by atoms with Gasteiger partial charge in [0.25, 0.3) is 5.91 Å². The van der Waals surface area contributed by atoms with Gasteiger partial charge in [0.1, 0.15) is 11.9 Å². The first-order valence-corrected chi connectivity index (χ1v) is 14.4. The lowest BCUT2D eigenvalue weighted by Crippen LogP contribution is -2.40. The van der Waals surface area contributed by atoms with Crippen LogP contribution in [0, 0.1) is 5.82 Å². The van der Waals surface area contributed by atoms with Gasteiger partial charge in [-0.05, 0) is 61.6 Å². The number of hydrogen-bond acceptors (Lipinski definition) is 5. The highest BCUT2D eigenvalue weighted by atomic mass is 79.9. The maximum atomic E-state index is 13.3. The minimum atomic E-state index is -3.92. The van der Waals surface area contributed by atoms with Crippen LogP contribution in [0.3, 0.4) is 0 Å². The summed E-state index contributed by atoms with van der Waals surface area (Å²) in [7, 11) is -3.92. The molecule has 1 saturated heterocycles. The van der Waals surface area contributed by atoms with Crippen LogP contribution in [-0.2, 0) is 21.4 Å². The molecule has 1 aliphatic heterocycles. The fraction of sp³-hybridized carbons (Fsp3) is 0.333. The monoisotopic (exact) mass is 557 g/mol. The third-order valence-corrected chi connectivity index (χ3v) is 9.33. The molecule has 6 nitrogen and oxygen atoms in total. The molecule has 170 valence electrons. The van der Waals surface area contributed by atoms with E-state index in [4.69, 9.17) is 0 Å². The van der Waals surface area contributed by atoms with Crippen molar-refractivity contribution in [3.05, 3.63) is 57.6 Å². The van der Waals surface area contributed by atoms with Gasteiger partial charge in [0, 0.05) is 23.3 Å². The minimum absolute atomic E-state index is 0.0275. The number of rotatable bonds is 6. The standard InChI is InChI=1S/C21H21BrFN3O3S3/c1-30-12-11-25-17-9-4-14(22)13-19(17)31-21(25)24-20(27)18-3-2-10-26(18)32(28,29)16-7-5-15(23)6-8-16/h4-9,13,18H,2-3,10-12H2,1H3. The maximum absolute atomic E-state index is 13.3. The lowest BCUT2D eigenvalue weighted by molar-refractivity contribution is -0.121. The van der Waals surface area contributed by atoms with Crippen molar-refractivity contribution in [2.75, 3.05) is 18.6 Å². The fourth-order valence-corrected chi connectivity index (χ4v) is 7.35. The fourth-order valence-electron chi connectivity index (χ4n) is 3.72. The Hall–Kier alpha value is -1.53. The number of fused-ring (bicyclic) bond motifs is 1. The van der Waals surface area contributed by atoms with E-state index in [2.05, 4.69) is 20.9 Å². The average Bonchev–Trinajstić information content (AvgIpc) is 3.37. The SMILES string of the molecule is CSCCn1c(=NC(=O)C2CCCN2S(=O)(=O)c2ccc(F)cc2)sc2cc(Br)ccc21. The number of sulfonamides is 1. The molecule has 1 atom stereocenters. The van der Waals surface area contributed by atoms with Crippen molar-refractivity contribution in [3.8, 4) is 0 Å². The van der Waals surface area contributed by atoms with Gasteiger partial charge in [-0.1, -0.05) is 27.3 Å². The summed E-state index contributed by atoms with van der Waals surface area (Å²) in [6.07, 6.45) is 2.99. The molecule has 1 amide bonds. The van der Waals surface area contributed by atoms with Gasteiger partial charge < -0.3 is 4.57 Å². The van der Waals surface area contributed by atoms with E-state index in [0.29, 0.717) is 24.2 Å². The Morgan fingerprint density at radius 2 is 2.03 bits per heavy atom. The Balaban J connectivity index is 1.71. The third kappa shape index (κ3) is 4.72. The summed E-state index contributed by atoms with van der Waals surface area (Å²) in [4.78, 5) is 18.1. The number of aryl methyl sites for hydroxylation is 1. The molecular formula is C21H21BrFN3O3S3. The van der Waals surface area contributed by atoms with Crippen molar-refractivity contribution in [2.24, 2.45) is 4.99 Å². The van der Waals surface area contributed by atoms with Gasteiger partial charge in [-0.3, -0.25) is 4.79 Å². The number of carbonyl (C=O) groups excluding carboxylic acids is 1. The second-order valence-corrected chi connectivity index (χ2v) is 12.1. The van der Waals surface area contributed by atoms with Gasteiger partial charge in [0.15, 0.2) is 4.80 Å². The number of halogens is 2. The molecule has 4 rings (SSSR count). The Morgan fingerprint density at radius 1 is 1.28 bits per heavy atom. The molecule has 0 radical (unpaired) electrons. The van der Waals surface area contributed by atoms with E-state index in [1.165, 1.54) is 27.8 Å². The van der Waals surface area contributed by atoms with E-state index < -0.39 is 27.8 Å². The number of amides is 1. The van der Waals surface area contributed by atoms with Crippen molar-refractivity contribution in [2.45, 2.75) is 30.3 Å². The molecule has 11 heteroatoms. The summed E-state index contributed by atoms with van der Waals surface area (Å²) in [5.41, 5.74) is 0.987. The van der Waals surface area contributed by atoms with E-state index in [9.17, 15) is 17.6 Å². The van der Waals surface area contributed by atoms with Crippen LogP contribution in [0.15, 0.2) is 56.8 Å². The molecule has 1 unspecified atom stereocenters. The zero-order chi connectivity index (χ0) is 22.9. The van der Waals surface area contributed by atoms with Gasteiger partial charge in [-0.15, -0.1) is 0 Å². The number of hydrogen-bond donors (Lipinski definition) is 0. The van der Waals surface area contributed by atoms with Crippen LogP contribution in [-0.4, -0.2) is 47.8 Å². The highest BCUT2D eigenvalue weighted by Gasteiger charge is 2.39. The second-order valence-electron chi connectivity index (χ2n) is 7.32. The summed E-state index contributed by atoms with van der Waals surface area (Å²) >= 11 is 6.59. The molecule has 0 aliphatic carbocycles. The Morgan fingerprint density at radius 3 is 2.75 bits per heavy atom. The summed E-state index contributed by atoms with van der Waals surface area (Å²) < 4.78 is 44.6. The van der Waals surface area contributed by atoms with Crippen molar-refractivity contribution < 1.29 is 17.6 Å². The molecule has 2 heterocycles. The van der Waals surface area contributed by atoms with Crippen LogP contribution in [0.5, 0.6) is 0 Å². The van der Waals surface area contributed by atoms with Crippen molar-refractivity contribution >= 4 is 65.2 Å². The molecule has 0 bridgehead atoms. The number of aromatic nitrogens is 1. The number of thiazole rings is 1. The Kier molecular flexibility index (Phi) is 7.21. The highest BCUT2D eigenvalue weighted by Crippen LogP contribution is 2.27. The van der Waals surface area contributed by atoms with Crippen LogP contribution in [0.4, 0.5) is 4.39 Å². The minimum Gasteiger partial charge on any atom is -0.316 e. The Labute approximate surface area is 202 Å². The normalized spacial score (nSPS) is 18.0. The predicted octanol–water partition coefficient (Wildman–Crippen LogP) is 4.25. The summed E-state index contributed by atoms with van der Waals surface area (Å²) in [5, 5.41) is 0. The van der Waals surface area contributed by atoms with Crippen LogP contribution in [0.1, 0.15) is 12.8 Å². The largest absolute Gasteiger partial charge is 0.316 e. The Bertz CT molecular complexity index is 1320. The average molecular weight is 559 g/mol. The van der Waals surface area contributed by atoms with E-state index in [1.807, 2.05) is 29.0 Å². The zero-order valence-electron chi connectivity index (χ0n) is 17.2. The van der Waals surface area contributed by atoms with Gasteiger partial charge in [0.05, 0.1) is 15.1 Å². The molecule has 0 spiro atoms. The third-order valence-electron chi connectivity index (χ3n) is 5.28. The van der Waals surface area contributed by atoms with Gasteiger partial charge in [-0.25, -0.2) is 12.8 Å². The van der Waals surface area contributed by atoms with Crippen molar-refractivity contribution in [1.29, 1.82) is 0 Å². The quantitative estimate of drug-likeness (QED) is 0.454. The summed E-state index contributed by atoms with van der Waals surface area (Å²) in [6, 6.07) is 9.72. The van der Waals surface area contributed by atoms with Crippen LogP contribution in [0.2, 0.25) is 0 Å². The molecule has 32 heavy (non-hydrogen) atoms. The van der Waals surface area contributed by atoms with Crippen LogP contribution >= 0.6 is 39.0 Å². The van der Waals surface area contributed by atoms with E-state index in [-0.39, 0.29) is 11.4 Å². The molecule has 0 saturated carbocycles. The summed E-state index contributed by atoms with van der Waals surface area (Å²) in [5.74, 6) is -0.131. The molecule has 0 N–H and O–H groups in total. The van der Waals surface area contributed by atoms with Crippen molar-refractivity contribution in [1.82, 2.24) is 8.87 Å². The second kappa shape index (κ2) is 9.76. The maximum Gasteiger partial charge on any atom is 0.266 e. The van der Waals surface area contributed by atoms with E-state index in [0.717, 1.165) is 32.6 Å².